The van der Waals surface area contributed by atoms with Crippen LogP contribution in [0.5, 0.6) is 11.5 Å². The maximum Gasteiger partial charge on any atom is 0.261 e. The molecule has 1 amide bonds. The van der Waals surface area contributed by atoms with Crippen LogP contribution in [0, 0.1) is 0 Å². The molecule has 0 aliphatic carbocycles. The SMILES string of the molecule is CN1CCN(CCOc2cc(OC(C)(C)C(N)=O)c(Cl)cc2Cl)CC1. The summed E-state index contributed by atoms with van der Waals surface area (Å²) >= 11 is 12.4. The number of carbonyl (C=O) groups excluding carboxylic acids is 1. The Balaban J connectivity index is 1.98. The van der Waals surface area contributed by atoms with Gasteiger partial charge in [0.1, 0.15) is 18.1 Å². The van der Waals surface area contributed by atoms with E-state index >= 15 is 0 Å². The molecule has 1 aliphatic rings. The van der Waals surface area contributed by atoms with Crippen molar-refractivity contribution in [3.05, 3.63) is 22.2 Å². The number of rotatable bonds is 7. The third kappa shape index (κ3) is 5.64. The Labute approximate surface area is 158 Å². The first-order valence-electron chi connectivity index (χ1n) is 8.20. The Morgan fingerprint density at radius 3 is 2.36 bits per heavy atom. The zero-order chi connectivity index (χ0) is 18.6. The first-order chi connectivity index (χ1) is 11.7. The van der Waals surface area contributed by atoms with Crippen molar-refractivity contribution < 1.29 is 14.3 Å². The lowest BCUT2D eigenvalue weighted by Crippen LogP contribution is -2.45. The van der Waals surface area contributed by atoms with Gasteiger partial charge in [-0.2, -0.15) is 0 Å². The van der Waals surface area contributed by atoms with Crippen LogP contribution >= 0.6 is 23.2 Å². The zero-order valence-electron chi connectivity index (χ0n) is 14.8. The highest BCUT2D eigenvalue weighted by atomic mass is 35.5. The van der Waals surface area contributed by atoms with E-state index in [-0.39, 0.29) is 0 Å². The smallest absolute Gasteiger partial charge is 0.261 e. The van der Waals surface area contributed by atoms with E-state index in [0.717, 1.165) is 32.7 Å². The fourth-order valence-corrected chi connectivity index (χ4v) is 2.86. The number of carbonyl (C=O) groups is 1. The molecule has 25 heavy (non-hydrogen) atoms. The monoisotopic (exact) mass is 389 g/mol. The summed E-state index contributed by atoms with van der Waals surface area (Å²) in [7, 11) is 2.12. The lowest BCUT2D eigenvalue weighted by Gasteiger charge is -2.32. The number of likely N-dealkylation sites (N-methyl/N-ethyl adjacent to an activating group) is 1. The fourth-order valence-electron chi connectivity index (χ4n) is 2.38. The van der Waals surface area contributed by atoms with Crippen molar-refractivity contribution in [2.75, 3.05) is 46.4 Å². The molecule has 2 N–H and O–H groups in total. The second-order valence-electron chi connectivity index (χ2n) is 6.68. The first-order valence-corrected chi connectivity index (χ1v) is 8.96. The normalized spacial score (nSPS) is 16.7. The highest BCUT2D eigenvalue weighted by Gasteiger charge is 2.28. The van der Waals surface area contributed by atoms with Crippen LogP contribution in [0.3, 0.4) is 0 Å². The van der Waals surface area contributed by atoms with E-state index in [9.17, 15) is 4.79 Å². The number of nitrogens with zero attached hydrogens (tertiary/aromatic N) is 2. The summed E-state index contributed by atoms with van der Waals surface area (Å²) in [6, 6.07) is 3.14. The molecule has 1 saturated heterocycles. The molecule has 2 rings (SSSR count). The molecule has 1 heterocycles. The van der Waals surface area contributed by atoms with E-state index < -0.39 is 11.5 Å². The molecule has 1 aliphatic heterocycles. The number of amides is 1. The summed E-state index contributed by atoms with van der Waals surface area (Å²) in [6.45, 7) is 8.64. The van der Waals surface area contributed by atoms with Crippen molar-refractivity contribution in [3.63, 3.8) is 0 Å². The highest BCUT2D eigenvalue weighted by Crippen LogP contribution is 2.37. The van der Waals surface area contributed by atoms with Gasteiger partial charge in [-0.3, -0.25) is 9.69 Å². The molecule has 0 aromatic heterocycles. The molecule has 140 valence electrons. The number of piperazine rings is 1. The van der Waals surface area contributed by atoms with Crippen LogP contribution in [-0.4, -0.2) is 67.7 Å². The van der Waals surface area contributed by atoms with Gasteiger partial charge in [0.05, 0.1) is 10.0 Å². The number of hydrogen-bond acceptors (Lipinski definition) is 5. The summed E-state index contributed by atoms with van der Waals surface area (Å²) < 4.78 is 11.4. The molecule has 1 aromatic rings. The van der Waals surface area contributed by atoms with Gasteiger partial charge in [0, 0.05) is 38.8 Å². The van der Waals surface area contributed by atoms with E-state index in [4.69, 9.17) is 38.4 Å². The summed E-state index contributed by atoms with van der Waals surface area (Å²) in [5, 5.41) is 0.693. The third-order valence-electron chi connectivity index (χ3n) is 4.21. The van der Waals surface area contributed by atoms with Crippen molar-refractivity contribution in [2.45, 2.75) is 19.4 Å². The number of hydrogen-bond donors (Lipinski definition) is 1. The molecule has 0 spiro atoms. The first kappa shape index (κ1) is 20.1. The Bertz CT molecular complexity index is 617. The summed E-state index contributed by atoms with van der Waals surface area (Å²) in [6.07, 6.45) is 0. The minimum Gasteiger partial charge on any atom is -0.491 e. The van der Waals surface area contributed by atoms with Crippen LogP contribution in [0.15, 0.2) is 12.1 Å². The Morgan fingerprint density at radius 2 is 1.76 bits per heavy atom. The quantitative estimate of drug-likeness (QED) is 0.774. The average Bonchev–Trinajstić information content (AvgIpc) is 2.53. The van der Waals surface area contributed by atoms with Crippen LogP contribution in [0.25, 0.3) is 0 Å². The van der Waals surface area contributed by atoms with Crippen molar-refractivity contribution >= 4 is 29.1 Å². The van der Waals surface area contributed by atoms with Gasteiger partial charge < -0.3 is 20.1 Å². The van der Waals surface area contributed by atoms with Crippen LogP contribution in [0.4, 0.5) is 0 Å². The molecular weight excluding hydrogens is 365 g/mol. The van der Waals surface area contributed by atoms with Gasteiger partial charge in [-0.15, -0.1) is 0 Å². The Hall–Kier alpha value is -1.21. The van der Waals surface area contributed by atoms with Gasteiger partial charge in [-0.1, -0.05) is 23.2 Å². The Morgan fingerprint density at radius 1 is 1.16 bits per heavy atom. The predicted molar refractivity (Wildman–Crippen MR) is 99.8 cm³/mol. The van der Waals surface area contributed by atoms with Crippen molar-refractivity contribution in [3.8, 4) is 11.5 Å². The molecule has 1 aromatic carbocycles. The number of benzene rings is 1. The van der Waals surface area contributed by atoms with E-state index in [1.54, 1.807) is 26.0 Å². The van der Waals surface area contributed by atoms with E-state index in [0.29, 0.717) is 28.2 Å². The Kier molecular flexibility index (Phi) is 6.79. The molecule has 0 saturated carbocycles. The van der Waals surface area contributed by atoms with Crippen LogP contribution in [0.2, 0.25) is 10.0 Å². The molecule has 1 fully saturated rings. The molecule has 0 bridgehead atoms. The van der Waals surface area contributed by atoms with Crippen molar-refractivity contribution in [1.29, 1.82) is 0 Å². The maximum atomic E-state index is 11.4. The topological polar surface area (TPSA) is 68.0 Å². The van der Waals surface area contributed by atoms with Gasteiger partial charge in [0.2, 0.25) is 0 Å². The lowest BCUT2D eigenvalue weighted by atomic mass is 10.1. The van der Waals surface area contributed by atoms with Gasteiger partial charge >= 0.3 is 0 Å². The summed E-state index contributed by atoms with van der Waals surface area (Å²) in [5.41, 5.74) is 4.15. The molecular formula is C17H25Cl2N3O3. The minimum absolute atomic E-state index is 0.297. The lowest BCUT2D eigenvalue weighted by molar-refractivity contribution is -0.130. The van der Waals surface area contributed by atoms with Crippen LogP contribution in [-0.2, 0) is 4.79 Å². The zero-order valence-corrected chi connectivity index (χ0v) is 16.4. The second-order valence-corrected chi connectivity index (χ2v) is 7.50. The van der Waals surface area contributed by atoms with Gasteiger partial charge in [0.25, 0.3) is 5.91 Å². The van der Waals surface area contributed by atoms with Gasteiger partial charge in [-0.05, 0) is 27.0 Å². The fraction of sp³-hybridized carbons (Fsp3) is 0.588. The molecule has 0 unspecified atom stereocenters. The van der Waals surface area contributed by atoms with Crippen molar-refractivity contribution in [2.24, 2.45) is 5.73 Å². The van der Waals surface area contributed by atoms with Gasteiger partial charge in [0.15, 0.2) is 5.60 Å². The molecule has 0 atom stereocenters. The van der Waals surface area contributed by atoms with E-state index in [1.165, 1.54) is 0 Å². The third-order valence-corrected chi connectivity index (χ3v) is 4.80. The maximum absolute atomic E-state index is 11.4. The summed E-state index contributed by atoms with van der Waals surface area (Å²) in [4.78, 5) is 16.1. The number of halogens is 2. The number of nitrogens with two attached hydrogens (primary N) is 1. The molecule has 0 radical (unpaired) electrons. The second kappa shape index (κ2) is 8.45. The van der Waals surface area contributed by atoms with Crippen LogP contribution < -0.4 is 15.2 Å². The van der Waals surface area contributed by atoms with E-state index in [1.807, 2.05) is 0 Å². The van der Waals surface area contributed by atoms with Crippen LogP contribution in [0.1, 0.15) is 13.8 Å². The van der Waals surface area contributed by atoms with Gasteiger partial charge in [-0.25, -0.2) is 0 Å². The predicted octanol–water partition coefficient (Wildman–Crippen LogP) is 2.26. The molecule has 8 heteroatoms. The molecule has 6 nitrogen and oxygen atoms in total. The largest absolute Gasteiger partial charge is 0.491 e. The average molecular weight is 390 g/mol. The highest BCUT2D eigenvalue weighted by molar-refractivity contribution is 6.36. The van der Waals surface area contributed by atoms with E-state index in [2.05, 4.69) is 16.8 Å². The summed E-state index contributed by atoms with van der Waals surface area (Å²) in [5.74, 6) is 0.191. The number of ether oxygens (including phenoxy) is 2. The standard InChI is InChI=1S/C17H25Cl2N3O3/c1-17(2,16(20)23)25-15-11-14(12(18)10-13(15)19)24-9-8-22-6-4-21(3)5-7-22/h10-11H,4-9H2,1-3H3,(H2,20,23). The number of primary amides is 1. The minimum atomic E-state index is -1.19. The van der Waals surface area contributed by atoms with Crippen molar-refractivity contribution in [1.82, 2.24) is 9.80 Å².